The van der Waals surface area contributed by atoms with Crippen LogP contribution >= 0.6 is 0 Å². The van der Waals surface area contributed by atoms with E-state index in [0.29, 0.717) is 0 Å². The zero-order valence-electron chi connectivity index (χ0n) is 11.3. The van der Waals surface area contributed by atoms with Gasteiger partial charge < -0.3 is 10.1 Å². The molecule has 1 rings (SSSR count). The SMILES string of the molecule is CNCc1c(C)cc(OC(C)C)c(C)c1C. The molecule has 0 aliphatic rings. The van der Waals surface area contributed by atoms with Gasteiger partial charge in [-0.15, -0.1) is 0 Å². The van der Waals surface area contributed by atoms with Crippen molar-refractivity contribution in [2.24, 2.45) is 0 Å². The lowest BCUT2D eigenvalue weighted by Crippen LogP contribution is -2.12. The van der Waals surface area contributed by atoms with Crippen molar-refractivity contribution < 1.29 is 4.74 Å². The number of rotatable bonds is 4. The highest BCUT2D eigenvalue weighted by Crippen LogP contribution is 2.28. The van der Waals surface area contributed by atoms with E-state index >= 15 is 0 Å². The molecule has 0 spiro atoms. The Morgan fingerprint density at radius 3 is 2.31 bits per heavy atom. The van der Waals surface area contributed by atoms with E-state index in [0.717, 1.165) is 12.3 Å². The molecule has 0 saturated heterocycles. The first-order valence-electron chi connectivity index (χ1n) is 5.88. The summed E-state index contributed by atoms with van der Waals surface area (Å²) in [6.45, 7) is 11.5. The zero-order chi connectivity index (χ0) is 12.3. The Balaban J connectivity index is 3.16. The minimum atomic E-state index is 0.229. The number of hydrogen-bond acceptors (Lipinski definition) is 2. The molecule has 0 unspecified atom stereocenters. The van der Waals surface area contributed by atoms with Gasteiger partial charge in [-0.25, -0.2) is 0 Å². The normalized spacial score (nSPS) is 10.9. The number of aryl methyl sites for hydroxylation is 1. The number of benzene rings is 1. The van der Waals surface area contributed by atoms with Gasteiger partial charge in [0.2, 0.25) is 0 Å². The van der Waals surface area contributed by atoms with Gasteiger partial charge in [0.15, 0.2) is 0 Å². The number of nitrogens with one attached hydrogen (secondary N) is 1. The Hall–Kier alpha value is -1.02. The van der Waals surface area contributed by atoms with Gasteiger partial charge in [0.1, 0.15) is 5.75 Å². The Morgan fingerprint density at radius 1 is 1.19 bits per heavy atom. The monoisotopic (exact) mass is 221 g/mol. The molecule has 0 saturated carbocycles. The van der Waals surface area contributed by atoms with Gasteiger partial charge in [0.25, 0.3) is 0 Å². The third-order valence-electron chi connectivity index (χ3n) is 2.92. The van der Waals surface area contributed by atoms with Crippen molar-refractivity contribution in [1.29, 1.82) is 0 Å². The van der Waals surface area contributed by atoms with Crippen LogP contribution in [0.25, 0.3) is 0 Å². The predicted octanol–water partition coefficient (Wildman–Crippen LogP) is 3.12. The molecule has 0 amide bonds. The molecule has 1 aromatic carbocycles. The van der Waals surface area contributed by atoms with E-state index in [4.69, 9.17) is 4.74 Å². The zero-order valence-corrected chi connectivity index (χ0v) is 11.3. The summed E-state index contributed by atoms with van der Waals surface area (Å²) in [5.41, 5.74) is 5.28. The van der Waals surface area contributed by atoms with Crippen LogP contribution in [0, 0.1) is 20.8 Å². The molecule has 0 fully saturated rings. The Labute approximate surface area is 99.0 Å². The van der Waals surface area contributed by atoms with Crippen LogP contribution < -0.4 is 10.1 Å². The third-order valence-corrected chi connectivity index (χ3v) is 2.92. The van der Waals surface area contributed by atoms with Crippen molar-refractivity contribution in [3.63, 3.8) is 0 Å². The van der Waals surface area contributed by atoms with Crippen LogP contribution in [0.15, 0.2) is 6.07 Å². The maximum Gasteiger partial charge on any atom is 0.123 e. The van der Waals surface area contributed by atoms with Crippen LogP contribution in [-0.4, -0.2) is 13.2 Å². The van der Waals surface area contributed by atoms with Gasteiger partial charge in [0.05, 0.1) is 6.10 Å². The van der Waals surface area contributed by atoms with Crippen LogP contribution in [0.3, 0.4) is 0 Å². The highest BCUT2D eigenvalue weighted by Gasteiger charge is 2.11. The minimum Gasteiger partial charge on any atom is -0.491 e. The highest BCUT2D eigenvalue weighted by atomic mass is 16.5. The first kappa shape index (κ1) is 13.0. The summed E-state index contributed by atoms with van der Waals surface area (Å²) in [5.74, 6) is 1.02. The van der Waals surface area contributed by atoms with Crippen molar-refractivity contribution in [2.75, 3.05) is 7.05 Å². The molecule has 1 N–H and O–H groups in total. The van der Waals surface area contributed by atoms with Crippen LogP contribution in [0.2, 0.25) is 0 Å². The Kier molecular flexibility index (Phi) is 4.36. The van der Waals surface area contributed by atoms with Gasteiger partial charge >= 0.3 is 0 Å². The van der Waals surface area contributed by atoms with E-state index in [1.165, 1.54) is 22.3 Å². The second-order valence-electron chi connectivity index (χ2n) is 4.62. The van der Waals surface area contributed by atoms with Crippen LogP contribution in [0.1, 0.15) is 36.1 Å². The van der Waals surface area contributed by atoms with Gasteiger partial charge in [-0.1, -0.05) is 0 Å². The van der Waals surface area contributed by atoms with E-state index in [1.54, 1.807) is 0 Å². The molecule has 0 bridgehead atoms. The van der Waals surface area contributed by atoms with E-state index in [9.17, 15) is 0 Å². The highest BCUT2D eigenvalue weighted by molar-refractivity contribution is 5.48. The summed E-state index contributed by atoms with van der Waals surface area (Å²) in [6.07, 6.45) is 0.229. The summed E-state index contributed by atoms with van der Waals surface area (Å²) in [5, 5.41) is 3.21. The fourth-order valence-corrected chi connectivity index (χ4v) is 1.92. The fraction of sp³-hybridized carbons (Fsp3) is 0.571. The molecule has 0 heterocycles. The van der Waals surface area contributed by atoms with Crippen LogP contribution in [-0.2, 0) is 6.54 Å². The average Bonchev–Trinajstić information content (AvgIpc) is 2.20. The molecule has 2 heteroatoms. The Morgan fingerprint density at radius 2 is 1.81 bits per heavy atom. The number of hydrogen-bond donors (Lipinski definition) is 1. The van der Waals surface area contributed by atoms with Gasteiger partial charge in [-0.05, 0) is 70.0 Å². The van der Waals surface area contributed by atoms with Crippen molar-refractivity contribution in [3.8, 4) is 5.75 Å². The lowest BCUT2D eigenvalue weighted by molar-refractivity contribution is 0.240. The third kappa shape index (κ3) is 2.76. The lowest BCUT2D eigenvalue weighted by Gasteiger charge is -2.18. The van der Waals surface area contributed by atoms with Crippen molar-refractivity contribution in [3.05, 3.63) is 28.3 Å². The summed E-state index contributed by atoms with van der Waals surface area (Å²) >= 11 is 0. The van der Waals surface area contributed by atoms with E-state index < -0.39 is 0 Å². The second kappa shape index (κ2) is 5.35. The Bertz CT molecular complexity index is 369. The topological polar surface area (TPSA) is 21.3 Å². The van der Waals surface area contributed by atoms with Crippen molar-refractivity contribution in [1.82, 2.24) is 5.32 Å². The summed E-state index contributed by atoms with van der Waals surface area (Å²) < 4.78 is 5.82. The molecule has 0 atom stereocenters. The minimum absolute atomic E-state index is 0.229. The maximum absolute atomic E-state index is 5.82. The average molecular weight is 221 g/mol. The second-order valence-corrected chi connectivity index (χ2v) is 4.62. The van der Waals surface area contributed by atoms with Crippen molar-refractivity contribution in [2.45, 2.75) is 47.3 Å². The first-order valence-corrected chi connectivity index (χ1v) is 5.88. The summed E-state index contributed by atoms with van der Waals surface area (Å²) in [4.78, 5) is 0. The molecular formula is C14H23NO. The predicted molar refractivity (Wildman–Crippen MR) is 69.2 cm³/mol. The van der Waals surface area contributed by atoms with E-state index in [2.05, 4.69) is 46.0 Å². The maximum atomic E-state index is 5.82. The molecule has 0 aliphatic heterocycles. The van der Waals surface area contributed by atoms with Gasteiger partial charge in [0, 0.05) is 6.54 Å². The molecule has 2 nitrogen and oxygen atoms in total. The largest absolute Gasteiger partial charge is 0.491 e. The molecule has 90 valence electrons. The molecule has 16 heavy (non-hydrogen) atoms. The first-order chi connectivity index (χ1) is 7.47. The van der Waals surface area contributed by atoms with Crippen LogP contribution in [0.5, 0.6) is 5.75 Å². The van der Waals surface area contributed by atoms with E-state index in [-0.39, 0.29) is 6.10 Å². The summed E-state index contributed by atoms with van der Waals surface area (Å²) in [7, 11) is 1.98. The van der Waals surface area contributed by atoms with Crippen molar-refractivity contribution >= 4 is 0 Å². The number of ether oxygens (including phenoxy) is 1. The molecule has 0 radical (unpaired) electrons. The molecule has 1 aromatic rings. The van der Waals surface area contributed by atoms with Gasteiger partial charge in [-0.2, -0.15) is 0 Å². The smallest absolute Gasteiger partial charge is 0.123 e. The molecular weight excluding hydrogens is 198 g/mol. The molecule has 0 aromatic heterocycles. The van der Waals surface area contributed by atoms with E-state index in [1.807, 2.05) is 7.05 Å². The van der Waals surface area contributed by atoms with Gasteiger partial charge in [-0.3, -0.25) is 0 Å². The molecule has 0 aliphatic carbocycles. The fourth-order valence-electron chi connectivity index (χ4n) is 1.92. The van der Waals surface area contributed by atoms with Crippen LogP contribution in [0.4, 0.5) is 0 Å². The summed E-state index contributed by atoms with van der Waals surface area (Å²) in [6, 6.07) is 2.15. The standard InChI is InChI=1S/C14H23NO/c1-9(2)16-14-7-10(3)13(8-15-6)11(4)12(14)5/h7,9,15H,8H2,1-6H3. The quantitative estimate of drug-likeness (QED) is 0.843. The lowest BCUT2D eigenvalue weighted by atomic mass is 9.97.